The number of ether oxygens (including phenoxy) is 2. The minimum Gasteiger partial charge on any atom is -0.493 e. The molecule has 0 bridgehead atoms. The van der Waals surface area contributed by atoms with Gasteiger partial charge in [0.05, 0.1) is 26.0 Å². The van der Waals surface area contributed by atoms with Crippen LogP contribution in [0.4, 0.5) is 0 Å². The number of carbonyl (C=O) groups excluding carboxylic acids is 1. The van der Waals surface area contributed by atoms with E-state index in [-0.39, 0.29) is 11.9 Å². The van der Waals surface area contributed by atoms with Crippen LogP contribution in [0.2, 0.25) is 0 Å². The summed E-state index contributed by atoms with van der Waals surface area (Å²) in [5.41, 5.74) is 1.44. The van der Waals surface area contributed by atoms with Gasteiger partial charge in [0.1, 0.15) is 0 Å². The molecule has 0 aliphatic carbocycles. The zero-order chi connectivity index (χ0) is 15.2. The standard InChI is InChI=1S/C15H19N3O3/c1-4-21-14-7-11(5-6-13(14)20-3)15(19)18-10(2)12-8-16-17-9-12/h5-10H,4H2,1-3H3,(H,16,17)(H,18,19). The Hall–Kier alpha value is -2.50. The zero-order valence-corrected chi connectivity index (χ0v) is 12.3. The molecule has 1 atom stereocenters. The minimum absolute atomic E-state index is 0.131. The van der Waals surface area contributed by atoms with Crippen LogP contribution in [0.5, 0.6) is 11.5 Å². The average molecular weight is 289 g/mol. The highest BCUT2D eigenvalue weighted by atomic mass is 16.5. The number of aromatic nitrogens is 2. The van der Waals surface area contributed by atoms with E-state index >= 15 is 0 Å². The van der Waals surface area contributed by atoms with E-state index in [1.54, 1.807) is 37.7 Å². The molecule has 0 radical (unpaired) electrons. The Morgan fingerprint density at radius 1 is 1.43 bits per heavy atom. The first-order chi connectivity index (χ1) is 10.2. The van der Waals surface area contributed by atoms with Gasteiger partial charge >= 0.3 is 0 Å². The van der Waals surface area contributed by atoms with Crippen LogP contribution in [0.25, 0.3) is 0 Å². The quantitative estimate of drug-likeness (QED) is 0.855. The molecule has 0 aliphatic rings. The monoisotopic (exact) mass is 289 g/mol. The van der Waals surface area contributed by atoms with Gasteiger partial charge in [-0.15, -0.1) is 0 Å². The summed E-state index contributed by atoms with van der Waals surface area (Å²) < 4.78 is 10.7. The molecule has 1 amide bonds. The first-order valence-electron chi connectivity index (χ1n) is 6.76. The normalized spacial score (nSPS) is 11.8. The number of hydrogen-bond acceptors (Lipinski definition) is 4. The van der Waals surface area contributed by atoms with E-state index in [0.29, 0.717) is 23.7 Å². The second kappa shape index (κ2) is 6.78. The first-order valence-corrected chi connectivity index (χ1v) is 6.76. The van der Waals surface area contributed by atoms with Crippen molar-refractivity contribution in [3.05, 3.63) is 41.7 Å². The third-order valence-electron chi connectivity index (χ3n) is 3.09. The number of carbonyl (C=O) groups is 1. The van der Waals surface area contributed by atoms with Crippen molar-refractivity contribution in [1.82, 2.24) is 15.5 Å². The van der Waals surface area contributed by atoms with E-state index in [0.717, 1.165) is 5.56 Å². The summed E-state index contributed by atoms with van der Waals surface area (Å²) in [6.45, 7) is 4.29. The Morgan fingerprint density at radius 3 is 2.86 bits per heavy atom. The van der Waals surface area contributed by atoms with Gasteiger partial charge in [-0.05, 0) is 32.0 Å². The number of nitrogens with zero attached hydrogens (tertiary/aromatic N) is 1. The first kappa shape index (κ1) is 14.9. The van der Waals surface area contributed by atoms with Crippen molar-refractivity contribution in [1.29, 1.82) is 0 Å². The summed E-state index contributed by atoms with van der Waals surface area (Å²) in [5, 5.41) is 9.51. The van der Waals surface area contributed by atoms with Gasteiger partial charge < -0.3 is 14.8 Å². The molecule has 6 nitrogen and oxygen atoms in total. The molecule has 0 aliphatic heterocycles. The largest absolute Gasteiger partial charge is 0.493 e. The van der Waals surface area contributed by atoms with Gasteiger partial charge in [-0.1, -0.05) is 0 Å². The molecule has 2 rings (SSSR count). The third-order valence-corrected chi connectivity index (χ3v) is 3.09. The summed E-state index contributed by atoms with van der Waals surface area (Å²) >= 11 is 0. The summed E-state index contributed by atoms with van der Waals surface area (Å²) in [7, 11) is 1.57. The Morgan fingerprint density at radius 2 is 2.24 bits per heavy atom. The number of H-pyrrole nitrogens is 1. The van der Waals surface area contributed by atoms with Crippen LogP contribution in [0.3, 0.4) is 0 Å². The van der Waals surface area contributed by atoms with E-state index in [9.17, 15) is 4.79 Å². The maximum absolute atomic E-state index is 12.3. The van der Waals surface area contributed by atoms with E-state index in [1.807, 2.05) is 13.8 Å². The molecular weight excluding hydrogens is 270 g/mol. The summed E-state index contributed by atoms with van der Waals surface area (Å²) in [5.74, 6) is 0.993. The summed E-state index contributed by atoms with van der Waals surface area (Å²) in [4.78, 5) is 12.3. The van der Waals surface area contributed by atoms with Crippen LogP contribution in [-0.2, 0) is 0 Å². The maximum Gasteiger partial charge on any atom is 0.251 e. The predicted octanol–water partition coefficient (Wildman–Crippen LogP) is 2.31. The highest BCUT2D eigenvalue weighted by Gasteiger charge is 2.14. The Kier molecular flexibility index (Phi) is 4.81. The van der Waals surface area contributed by atoms with E-state index < -0.39 is 0 Å². The van der Waals surface area contributed by atoms with Crippen molar-refractivity contribution in [2.24, 2.45) is 0 Å². The SMILES string of the molecule is CCOc1cc(C(=O)NC(C)c2cn[nH]c2)ccc1OC. The van der Waals surface area contributed by atoms with Crippen molar-refractivity contribution >= 4 is 5.91 Å². The highest BCUT2D eigenvalue weighted by Crippen LogP contribution is 2.28. The van der Waals surface area contributed by atoms with Gasteiger partial charge in [0.2, 0.25) is 0 Å². The molecule has 0 spiro atoms. The van der Waals surface area contributed by atoms with E-state index in [2.05, 4.69) is 15.5 Å². The van der Waals surface area contributed by atoms with E-state index in [4.69, 9.17) is 9.47 Å². The van der Waals surface area contributed by atoms with Gasteiger partial charge in [-0.3, -0.25) is 9.89 Å². The number of benzene rings is 1. The molecular formula is C15H19N3O3. The van der Waals surface area contributed by atoms with Gasteiger partial charge in [0.25, 0.3) is 5.91 Å². The lowest BCUT2D eigenvalue weighted by Gasteiger charge is -2.14. The minimum atomic E-state index is -0.174. The fraction of sp³-hybridized carbons (Fsp3) is 0.333. The summed E-state index contributed by atoms with van der Waals surface area (Å²) in [6.07, 6.45) is 3.44. The number of methoxy groups -OCH3 is 1. The van der Waals surface area contributed by atoms with Gasteiger partial charge in [-0.2, -0.15) is 5.10 Å². The molecule has 1 aromatic heterocycles. The molecule has 1 aromatic carbocycles. The number of hydrogen-bond donors (Lipinski definition) is 2. The second-order valence-electron chi connectivity index (χ2n) is 4.53. The van der Waals surface area contributed by atoms with Crippen LogP contribution in [0.1, 0.15) is 35.8 Å². The number of aromatic amines is 1. The molecule has 0 saturated heterocycles. The smallest absolute Gasteiger partial charge is 0.251 e. The lowest BCUT2D eigenvalue weighted by atomic mass is 10.1. The molecule has 21 heavy (non-hydrogen) atoms. The van der Waals surface area contributed by atoms with Crippen LogP contribution in [0.15, 0.2) is 30.6 Å². The van der Waals surface area contributed by atoms with Gasteiger partial charge in [0.15, 0.2) is 11.5 Å². The fourth-order valence-electron chi connectivity index (χ4n) is 1.95. The number of amides is 1. The Balaban J connectivity index is 2.13. The predicted molar refractivity (Wildman–Crippen MR) is 78.6 cm³/mol. The van der Waals surface area contributed by atoms with Crippen LogP contribution in [0, 0.1) is 0 Å². The topological polar surface area (TPSA) is 76.2 Å². The highest BCUT2D eigenvalue weighted by molar-refractivity contribution is 5.95. The molecule has 112 valence electrons. The molecule has 0 saturated carbocycles. The molecule has 1 unspecified atom stereocenters. The second-order valence-corrected chi connectivity index (χ2v) is 4.53. The van der Waals surface area contributed by atoms with Crippen molar-refractivity contribution in [3.63, 3.8) is 0 Å². The molecule has 1 heterocycles. The van der Waals surface area contributed by atoms with Gasteiger partial charge in [-0.25, -0.2) is 0 Å². The lowest BCUT2D eigenvalue weighted by Crippen LogP contribution is -2.26. The van der Waals surface area contributed by atoms with Gasteiger partial charge in [0, 0.05) is 17.3 Å². The molecule has 0 fully saturated rings. The molecule has 6 heteroatoms. The van der Waals surface area contributed by atoms with Crippen molar-refractivity contribution < 1.29 is 14.3 Å². The fourth-order valence-corrected chi connectivity index (χ4v) is 1.95. The molecule has 2 aromatic rings. The third kappa shape index (κ3) is 3.53. The van der Waals surface area contributed by atoms with E-state index in [1.165, 1.54) is 0 Å². The summed E-state index contributed by atoms with van der Waals surface area (Å²) in [6, 6.07) is 4.98. The van der Waals surface area contributed by atoms with Crippen LogP contribution in [-0.4, -0.2) is 29.8 Å². The van der Waals surface area contributed by atoms with Crippen molar-refractivity contribution in [3.8, 4) is 11.5 Å². The van der Waals surface area contributed by atoms with Crippen LogP contribution < -0.4 is 14.8 Å². The zero-order valence-electron chi connectivity index (χ0n) is 12.3. The lowest BCUT2D eigenvalue weighted by molar-refractivity contribution is 0.0939. The van der Waals surface area contributed by atoms with Crippen LogP contribution >= 0.6 is 0 Å². The number of rotatable bonds is 6. The Bertz CT molecular complexity index is 596. The van der Waals surface area contributed by atoms with Crippen molar-refractivity contribution in [2.45, 2.75) is 19.9 Å². The average Bonchev–Trinajstić information content (AvgIpc) is 3.01. The Labute approximate surface area is 123 Å². The van der Waals surface area contributed by atoms with Crippen molar-refractivity contribution in [2.75, 3.05) is 13.7 Å². The maximum atomic E-state index is 12.3. The molecule has 2 N–H and O–H groups in total. The number of nitrogens with one attached hydrogen (secondary N) is 2.